The molecule has 0 radical (unpaired) electrons. The number of hydrazine groups is 1. The van der Waals surface area contributed by atoms with Crippen molar-refractivity contribution in [3.05, 3.63) is 41.9 Å². The van der Waals surface area contributed by atoms with Crippen LogP contribution in [-0.2, 0) is 14.3 Å². The van der Waals surface area contributed by atoms with Crippen LogP contribution in [0, 0.1) is 0 Å². The quantitative estimate of drug-likeness (QED) is 0.267. The Bertz CT molecular complexity index is 657. The van der Waals surface area contributed by atoms with Gasteiger partial charge in [0, 0.05) is 18.7 Å². The van der Waals surface area contributed by atoms with Crippen LogP contribution in [0.25, 0.3) is 0 Å². The van der Waals surface area contributed by atoms with Crippen molar-refractivity contribution in [3.63, 3.8) is 0 Å². The van der Waals surface area contributed by atoms with E-state index in [1.807, 2.05) is 40.7 Å². The van der Waals surface area contributed by atoms with Gasteiger partial charge in [-0.3, -0.25) is 10.6 Å². The molecule has 0 atom stereocenters. The fourth-order valence-electron chi connectivity index (χ4n) is 3.19. The maximum atomic E-state index is 11.3. The van der Waals surface area contributed by atoms with Gasteiger partial charge in [-0.2, -0.15) is 0 Å². The Morgan fingerprint density at radius 1 is 1.15 bits per heavy atom. The van der Waals surface area contributed by atoms with Crippen molar-refractivity contribution in [2.75, 3.05) is 11.4 Å². The molecule has 2 aliphatic rings. The minimum absolute atomic E-state index is 0.0152. The predicted octanol–water partition coefficient (Wildman–Crippen LogP) is 1.82. The third kappa shape index (κ3) is 6.18. The van der Waals surface area contributed by atoms with E-state index in [0.717, 1.165) is 44.3 Å². The highest BCUT2D eigenvalue weighted by Crippen LogP contribution is 2.22. The molecule has 1 aliphatic carbocycles. The molecule has 8 heteroatoms. The zero-order valence-electron chi connectivity index (χ0n) is 15.4. The molecule has 0 unspecified atom stereocenters. The number of anilines is 1. The molecule has 6 N–H and O–H groups in total. The smallest absolute Gasteiger partial charge is 0.358 e. The third-order valence-corrected chi connectivity index (χ3v) is 4.59. The summed E-state index contributed by atoms with van der Waals surface area (Å²) in [6.45, 7) is 0.878. The summed E-state index contributed by atoms with van der Waals surface area (Å²) < 4.78 is 5.34. The van der Waals surface area contributed by atoms with E-state index < -0.39 is 5.97 Å². The van der Waals surface area contributed by atoms with Gasteiger partial charge in [0.1, 0.15) is 6.10 Å². The number of hydrogen-bond donors (Lipinski definition) is 4. The number of nitrogens with two attached hydrogens (primary N) is 2. The number of ether oxygens (including phenoxy) is 1. The predicted molar refractivity (Wildman–Crippen MR) is 102 cm³/mol. The average Bonchev–Trinajstić information content (AvgIpc) is 3.10. The van der Waals surface area contributed by atoms with Gasteiger partial charge in [0.2, 0.25) is 11.8 Å². The van der Waals surface area contributed by atoms with E-state index in [-0.39, 0.29) is 23.6 Å². The van der Waals surface area contributed by atoms with Gasteiger partial charge in [0.05, 0.1) is 0 Å². The summed E-state index contributed by atoms with van der Waals surface area (Å²) in [6.07, 6.45) is 6.93. The number of para-hydroxylation sites is 1. The van der Waals surface area contributed by atoms with E-state index in [1.54, 1.807) is 0 Å². The molecular weight excluding hydrogens is 348 g/mol. The van der Waals surface area contributed by atoms with Crippen LogP contribution in [0.3, 0.4) is 0 Å². The number of carboxylic acid groups (broad SMARTS) is 1. The van der Waals surface area contributed by atoms with Gasteiger partial charge in [-0.05, 0) is 44.2 Å². The summed E-state index contributed by atoms with van der Waals surface area (Å²) in [7, 11) is 0. The maximum Gasteiger partial charge on any atom is 0.358 e. The van der Waals surface area contributed by atoms with Crippen molar-refractivity contribution < 1.29 is 19.4 Å². The number of carbonyl (C=O) groups excluding carboxylic acids is 1. The van der Waals surface area contributed by atoms with Crippen molar-refractivity contribution >= 4 is 17.6 Å². The third-order valence-electron chi connectivity index (χ3n) is 4.59. The zero-order chi connectivity index (χ0) is 19.6. The number of hydrogen-bond acceptors (Lipinski definition) is 6. The van der Waals surface area contributed by atoms with E-state index >= 15 is 0 Å². The van der Waals surface area contributed by atoms with Crippen LogP contribution in [0.5, 0.6) is 0 Å². The van der Waals surface area contributed by atoms with Crippen LogP contribution in [0.1, 0.15) is 44.9 Å². The zero-order valence-corrected chi connectivity index (χ0v) is 15.4. The minimum Gasteiger partial charge on any atom is -0.476 e. The summed E-state index contributed by atoms with van der Waals surface area (Å²) in [5, 5.41) is 8.71. The van der Waals surface area contributed by atoms with Crippen LogP contribution in [0.15, 0.2) is 41.9 Å². The molecule has 148 valence electrons. The van der Waals surface area contributed by atoms with Gasteiger partial charge in [-0.15, -0.1) is 0 Å². The number of amides is 1. The summed E-state index contributed by atoms with van der Waals surface area (Å²) in [4.78, 5) is 23.8. The van der Waals surface area contributed by atoms with Gasteiger partial charge in [-0.1, -0.05) is 24.6 Å². The summed E-state index contributed by atoms with van der Waals surface area (Å²) in [5.41, 5.74) is 8.25. The van der Waals surface area contributed by atoms with Crippen molar-refractivity contribution in [2.24, 2.45) is 11.6 Å². The van der Waals surface area contributed by atoms with Crippen molar-refractivity contribution in [2.45, 2.75) is 51.0 Å². The number of rotatable bonds is 5. The molecule has 1 heterocycles. The normalized spacial score (nSPS) is 18.3. The first-order valence-corrected chi connectivity index (χ1v) is 9.24. The Labute approximate surface area is 159 Å². The van der Waals surface area contributed by atoms with Gasteiger partial charge in [-0.25, -0.2) is 4.79 Å². The fraction of sp³-hybridized carbons (Fsp3) is 0.474. The molecule has 27 heavy (non-hydrogen) atoms. The largest absolute Gasteiger partial charge is 0.476 e. The van der Waals surface area contributed by atoms with Gasteiger partial charge >= 0.3 is 5.97 Å². The second kappa shape index (κ2) is 10.4. The lowest BCUT2D eigenvalue weighted by molar-refractivity contribution is -0.133. The lowest BCUT2D eigenvalue weighted by atomic mass is 9.98. The topological polar surface area (TPSA) is 131 Å². The van der Waals surface area contributed by atoms with Crippen molar-refractivity contribution in [1.82, 2.24) is 5.43 Å². The monoisotopic (exact) mass is 376 g/mol. The molecule has 1 saturated carbocycles. The molecular formula is C19H28N4O4. The van der Waals surface area contributed by atoms with Crippen LogP contribution >= 0.6 is 0 Å². The summed E-state index contributed by atoms with van der Waals surface area (Å²) in [5.74, 6) is 3.92. The number of carboxylic acids is 1. The van der Waals surface area contributed by atoms with E-state index in [0.29, 0.717) is 6.42 Å². The number of benzene rings is 1. The fourth-order valence-corrected chi connectivity index (χ4v) is 3.19. The SMILES string of the molecule is NN/C(C(=O)O)=C(\N)OC1CCCCC1.O=C1CCCN1c1ccccc1. The van der Waals surface area contributed by atoms with Gasteiger partial charge in [0.15, 0.2) is 5.70 Å². The highest BCUT2D eigenvalue weighted by Gasteiger charge is 2.21. The number of carbonyl (C=O) groups is 2. The van der Waals surface area contributed by atoms with E-state index in [4.69, 9.17) is 21.4 Å². The molecule has 0 spiro atoms. The second-order valence-electron chi connectivity index (χ2n) is 6.55. The highest BCUT2D eigenvalue weighted by atomic mass is 16.5. The van der Waals surface area contributed by atoms with Crippen LogP contribution < -0.4 is 21.9 Å². The van der Waals surface area contributed by atoms with Crippen LogP contribution in [0.2, 0.25) is 0 Å². The van der Waals surface area contributed by atoms with Crippen molar-refractivity contribution in [1.29, 1.82) is 0 Å². The van der Waals surface area contributed by atoms with E-state index in [9.17, 15) is 9.59 Å². The molecule has 0 bridgehead atoms. The molecule has 1 aromatic carbocycles. The van der Waals surface area contributed by atoms with Crippen LogP contribution in [-0.4, -0.2) is 29.6 Å². The number of nitrogens with one attached hydrogen (secondary N) is 1. The Hall–Kier alpha value is -2.74. The van der Waals surface area contributed by atoms with Crippen molar-refractivity contribution in [3.8, 4) is 0 Å². The molecule has 1 saturated heterocycles. The van der Waals surface area contributed by atoms with E-state index in [1.165, 1.54) is 6.42 Å². The molecule has 1 aliphatic heterocycles. The molecule has 1 amide bonds. The lowest BCUT2D eigenvalue weighted by Gasteiger charge is -2.23. The Kier molecular flexibility index (Phi) is 7.94. The first-order valence-electron chi connectivity index (χ1n) is 9.24. The average molecular weight is 376 g/mol. The molecule has 1 aromatic rings. The lowest BCUT2D eigenvalue weighted by Crippen LogP contribution is -2.32. The molecule has 2 fully saturated rings. The minimum atomic E-state index is -1.22. The van der Waals surface area contributed by atoms with Gasteiger partial charge < -0.3 is 25.9 Å². The number of aliphatic carboxylic acids is 1. The maximum absolute atomic E-state index is 11.3. The molecule has 3 rings (SSSR count). The first kappa shape index (κ1) is 20.6. The van der Waals surface area contributed by atoms with Gasteiger partial charge in [0.25, 0.3) is 0 Å². The Balaban J connectivity index is 0.000000198. The summed E-state index contributed by atoms with van der Waals surface area (Å²) >= 11 is 0. The summed E-state index contributed by atoms with van der Waals surface area (Å²) in [6, 6.07) is 9.83. The van der Waals surface area contributed by atoms with Crippen LogP contribution in [0.4, 0.5) is 5.69 Å². The van der Waals surface area contributed by atoms with E-state index in [2.05, 4.69) is 0 Å². The molecule has 0 aromatic heterocycles. The Morgan fingerprint density at radius 2 is 1.81 bits per heavy atom. The highest BCUT2D eigenvalue weighted by molar-refractivity contribution is 5.95. The molecule has 8 nitrogen and oxygen atoms in total. The Morgan fingerprint density at radius 3 is 2.33 bits per heavy atom. The number of nitrogens with zero attached hydrogens (tertiary/aromatic N) is 1. The standard InChI is InChI=1S/C10H11NO.C9H17N3O3/c12-10-7-4-8-11(10)9-5-2-1-3-6-9;10-8(7(12-11)9(13)14)15-6-4-2-1-3-5-6/h1-3,5-6H,4,7-8H2;6,12H,1-5,10-11H2,(H,13,14)/b;8-7+. The first-order chi connectivity index (χ1) is 13.0. The second-order valence-corrected chi connectivity index (χ2v) is 6.55.